The van der Waals surface area contributed by atoms with Crippen molar-refractivity contribution in [3.05, 3.63) is 48.0 Å². The Bertz CT molecular complexity index is 765. The van der Waals surface area contributed by atoms with Crippen molar-refractivity contribution < 1.29 is 9.18 Å². The van der Waals surface area contributed by atoms with Crippen molar-refractivity contribution in [1.82, 2.24) is 14.7 Å². The predicted molar refractivity (Wildman–Crippen MR) is 87.8 cm³/mol. The number of halogens is 1. The van der Waals surface area contributed by atoms with Crippen LogP contribution in [0.1, 0.15) is 18.0 Å². The van der Waals surface area contributed by atoms with Crippen LogP contribution in [-0.4, -0.2) is 40.1 Å². The standard InChI is InChI=1S/C16H19FN6O/c1-22-14(24)6-10(7-20-16(18)19)15(22)11-8-21-23(9-11)13-4-2-12(17)3-5-13/h2-5,8-10,15H,6-7H2,1H3,(H4,18,19,20)/t10-,15+/m0/s1. The zero-order valence-corrected chi connectivity index (χ0v) is 13.3. The highest BCUT2D eigenvalue weighted by molar-refractivity contribution is 5.79. The summed E-state index contributed by atoms with van der Waals surface area (Å²) in [6.45, 7) is 0.380. The van der Waals surface area contributed by atoms with E-state index in [-0.39, 0.29) is 29.6 Å². The number of nitrogens with two attached hydrogens (primary N) is 2. The molecule has 8 heteroatoms. The number of nitrogens with zero attached hydrogens (tertiary/aromatic N) is 4. The van der Waals surface area contributed by atoms with Crippen molar-refractivity contribution in [3.8, 4) is 5.69 Å². The Labute approximate surface area is 138 Å². The number of hydrogen-bond acceptors (Lipinski definition) is 3. The number of aliphatic imine (C=N–C) groups is 1. The molecular formula is C16H19FN6O. The van der Waals surface area contributed by atoms with Crippen molar-refractivity contribution >= 4 is 11.9 Å². The maximum atomic E-state index is 13.0. The average Bonchev–Trinajstić information content (AvgIpc) is 3.12. The van der Waals surface area contributed by atoms with Crippen LogP contribution >= 0.6 is 0 Å². The van der Waals surface area contributed by atoms with Gasteiger partial charge in [-0.25, -0.2) is 9.07 Å². The first-order valence-electron chi connectivity index (χ1n) is 7.57. The first-order chi connectivity index (χ1) is 11.5. The van der Waals surface area contributed by atoms with E-state index < -0.39 is 0 Å². The van der Waals surface area contributed by atoms with Gasteiger partial charge in [-0.1, -0.05) is 0 Å². The Morgan fingerprint density at radius 3 is 2.75 bits per heavy atom. The number of hydrogen-bond donors (Lipinski definition) is 2. The molecule has 126 valence electrons. The van der Waals surface area contributed by atoms with Crippen LogP contribution in [0.5, 0.6) is 0 Å². The van der Waals surface area contributed by atoms with Crippen LogP contribution in [0, 0.1) is 11.7 Å². The van der Waals surface area contributed by atoms with E-state index in [1.54, 1.807) is 35.0 Å². The number of benzene rings is 1. The topological polar surface area (TPSA) is 103 Å². The Balaban J connectivity index is 1.87. The van der Waals surface area contributed by atoms with Crippen LogP contribution in [-0.2, 0) is 4.79 Å². The molecule has 2 heterocycles. The maximum absolute atomic E-state index is 13.0. The summed E-state index contributed by atoms with van der Waals surface area (Å²) >= 11 is 0. The molecule has 1 aliphatic rings. The molecule has 1 aliphatic heterocycles. The van der Waals surface area contributed by atoms with Crippen LogP contribution in [0.15, 0.2) is 41.7 Å². The van der Waals surface area contributed by atoms with Crippen molar-refractivity contribution in [3.63, 3.8) is 0 Å². The quantitative estimate of drug-likeness (QED) is 0.639. The Kier molecular flexibility index (Phi) is 4.20. The second kappa shape index (κ2) is 6.31. The van der Waals surface area contributed by atoms with Crippen LogP contribution in [0.2, 0.25) is 0 Å². The van der Waals surface area contributed by atoms with Gasteiger partial charge in [0.05, 0.1) is 17.9 Å². The van der Waals surface area contributed by atoms with Gasteiger partial charge < -0.3 is 16.4 Å². The molecule has 0 saturated carbocycles. The second-order valence-electron chi connectivity index (χ2n) is 5.87. The summed E-state index contributed by atoms with van der Waals surface area (Å²) in [5.41, 5.74) is 12.4. The summed E-state index contributed by atoms with van der Waals surface area (Å²) in [7, 11) is 1.76. The SMILES string of the molecule is CN1C(=O)C[C@@H](CN=C(N)N)[C@@H]1c1cnn(-c2ccc(F)cc2)c1. The first kappa shape index (κ1) is 16.0. The van der Waals surface area contributed by atoms with Crippen molar-refractivity contribution in [1.29, 1.82) is 0 Å². The smallest absolute Gasteiger partial charge is 0.223 e. The van der Waals surface area contributed by atoms with Gasteiger partial charge in [0.2, 0.25) is 5.91 Å². The normalized spacial score (nSPS) is 20.4. The Morgan fingerprint density at radius 2 is 2.08 bits per heavy atom. The van der Waals surface area contributed by atoms with E-state index in [0.717, 1.165) is 11.3 Å². The molecule has 1 fully saturated rings. The van der Waals surface area contributed by atoms with E-state index >= 15 is 0 Å². The fraction of sp³-hybridized carbons (Fsp3) is 0.312. The molecule has 1 amide bonds. The van der Waals surface area contributed by atoms with Gasteiger partial charge in [-0.2, -0.15) is 5.10 Å². The van der Waals surface area contributed by atoms with Crippen LogP contribution in [0.3, 0.4) is 0 Å². The largest absolute Gasteiger partial charge is 0.370 e. The van der Waals surface area contributed by atoms with Gasteiger partial charge in [0.15, 0.2) is 5.96 Å². The fourth-order valence-electron chi connectivity index (χ4n) is 3.06. The molecule has 0 bridgehead atoms. The zero-order chi connectivity index (χ0) is 17.3. The lowest BCUT2D eigenvalue weighted by Gasteiger charge is -2.22. The first-order valence-corrected chi connectivity index (χ1v) is 7.57. The van der Waals surface area contributed by atoms with Gasteiger partial charge in [-0.05, 0) is 24.3 Å². The summed E-state index contributed by atoms with van der Waals surface area (Å²) in [5.74, 6) is -0.261. The summed E-state index contributed by atoms with van der Waals surface area (Å²) in [6, 6.07) is 5.90. The second-order valence-corrected chi connectivity index (χ2v) is 5.87. The molecule has 1 aromatic heterocycles. The summed E-state index contributed by atoms with van der Waals surface area (Å²) in [4.78, 5) is 17.8. The van der Waals surface area contributed by atoms with Crippen molar-refractivity contribution in [2.45, 2.75) is 12.5 Å². The zero-order valence-electron chi connectivity index (χ0n) is 13.3. The lowest BCUT2D eigenvalue weighted by molar-refractivity contribution is -0.127. The highest BCUT2D eigenvalue weighted by Gasteiger charge is 2.39. The summed E-state index contributed by atoms with van der Waals surface area (Å²) in [6.07, 6.45) is 3.95. The summed E-state index contributed by atoms with van der Waals surface area (Å²) < 4.78 is 14.7. The van der Waals surface area contributed by atoms with Crippen molar-refractivity contribution in [2.75, 3.05) is 13.6 Å². The number of amides is 1. The van der Waals surface area contributed by atoms with Crippen molar-refractivity contribution in [2.24, 2.45) is 22.4 Å². The molecule has 2 atom stereocenters. The van der Waals surface area contributed by atoms with E-state index in [1.165, 1.54) is 12.1 Å². The molecule has 1 saturated heterocycles. The molecule has 0 radical (unpaired) electrons. The molecule has 0 aliphatic carbocycles. The highest BCUT2D eigenvalue weighted by atomic mass is 19.1. The molecule has 0 unspecified atom stereocenters. The Morgan fingerprint density at radius 1 is 1.38 bits per heavy atom. The third-order valence-corrected chi connectivity index (χ3v) is 4.24. The molecule has 3 rings (SSSR count). The molecular weight excluding hydrogens is 311 g/mol. The van der Waals surface area contributed by atoms with Crippen LogP contribution in [0.25, 0.3) is 5.69 Å². The van der Waals surface area contributed by atoms with E-state index in [1.807, 2.05) is 6.20 Å². The molecule has 2 aromatic rings. The molecule has 24 heavy (non-hydrogen) atoms. The Hall–Kier alpha value is -2.90. The van der Waals surface area contributed by atoms with Crippen LogP contribution < -0.4 is 11.5 Å². The van der Waals surface area contributed by atoms with E-state index in [0.29, 0.717) is 13.0 Å². The third-order valence-electron chi connectivity index (χ3n) is 4.24. The minimum Gasteiger partial charge on any atom is -0.370 e. The molecule has 0 spiro atoms. The van der Waals surface area contributed by atoms with Gasteiger partial charge in [-0.15, -0.1) is 0 Å². The number of carbonyl (C=O) groups is 1. The number of likely N-dealkylation sites (tertiary alicyclic amines) is 1. The maximum Gasteiger partial charge on any atom is 0.223 e. The number of aromatic nitrogens is 2. The lowest BCUT2D eigenvalue weighted by atomic mass is 9.96. The van der Waals surface area contributed by atoms with Crippen LogP contribution in [0.4, 0.5) is 4.39 Å². The van der Waals surface area contributed by atoms with E-state index in [2.05, 4.69) is 10.1 Å². The molecule has 1 aromatic carbocycles. The number of carbonyl (C=O) groups excluding carboxylic acids is 1. The summed E-state index contributed by atoms with van der Waals surface area (Å²) in [5, 5.41) is 4.32. The van der Waals surface area contributed by atoms with Gasteiger partial charge in [0, 0.05) is 37.7 Å². The van der Waals surface area contributed by atoms with Gasteiger partial charge >= 0.3 is 0 Å². The predicted octanol–water partition coefficient (Wildman–Crippen LogP) is 0.804. The highest BCUT2D eigenvalue weighted by Crippen LogP contribution is 2.37. The van der Waals surface area contributed by atoms with Gasteiger partial charge in [0.1, 0.15) is 5.82 Å². The lowest BCUT2D eigenvalue weighted by Crippen LogP contribution is -2.27. The minimum atomic E-state index is -0.301. The molecule has 4 N–H and O–H groups in total. The fourth-order valence-corrected chi connectivity index (χ4v) is 3.06. The number of rotatable bonds is 4. The number of guanidine groups is 1. The molecule has 7 nitrogen and oxygen atoms in total. The third kappa shape index (κ3) is 3.08. The average molecular weight is 330 g/mol. The van der Waals surface area contributed by atoms with E-state index in [9.17, 15) is 9.18 Å². The van der Waals surface area contributed by atoms with E-state index in [4.69, 9.17) is 11.5 Å². The van der Waals surface area contributed by atoms with Gasteiger partial charge in [0.25, 0.3) is 0 Å². The monoisotopic (exact) mass is 330 g/mol. The minimum absolute atomic E-state index is 0.0118. The van der Waals surface area contributed by atoms with Gasteiger partial charge in [-0.3, -0.25) is 9.79 Å².